The van der Waals surface area contributed by atoms with Crippen molar-refractivity contribution in [1.82, 2.24) is 10.3 Å². The predicted molar refractivity (Wildman–Crippen MR) is 98.0 cm³/mol. The van der Waals surface area contributed by atoms with Crippen LogP contribution in [0.1, 0.15) is 15.9 Å². The van der Waals surface area contributed by atoms with Crippen LogP contribution in [0.5, 0.6) is 0 Å². The molecule has 3 rings (SSSR count). The van der Waals surface area contributed by atoms with Crippen LogP contribution in [-0.4, -0.2) is 30.0 Å². The quantitative estimate of drug-likeness (QED) is 0.689. The Morgan fingerprint density at radius 1 is 1.08 bits per heavy atom. The van der Waals surface area contributed by atoms with E-state index in [-0.39, 0.29) is 11.1 Å². The summed E-state index contributed by atoms with van der Waals surface area (Å²) in [6, 6.07) is 16.7. The van der Waals surface area contributed by atoms with Crippen molar-refractivity contribution in [2.45, 2.75) is 12.5 Å². The minimum absolute atomic E-state index is 0.214. The standard InChI is InChI=1S/C20H18N2O4/c1-26-20(25)17(11-13-7-3-2-4-8-13)22-19(24)15-12-18(23)21-16-10-6-5-9-14(15)16/h2-10,12,17H,11H2,1H3,(H,21,23)(H,22,24)/t17-/m1/s1. The number of methoxy groups -OCH3 is 1. The summed E-state index contributed by atoms with van der Waals surface area (Å²) in [6.07, 6.45) is 0.292. The topological polar surface area (TPSA) is 88.3 Å². The van der Waals surface area contributed by atoms with E-state index >= 15 is 0 Å². The lowest BCUT2D eigenvalue weighted by molar-refractivity contribution is -0.142. The number of rotatable bonds is 5. The molecule has 0 aliphatic carbocycles. The average molecular weight is 350 g/mol. The van der Waals surface area contributed by atoms with Crippen LogP contribution in [0.15, 0.2) is 65.5 Å². The van der Waals surface area contributed by atoms with Crippen molar-refractivity contribution in [3.8, 4) is 0 Å². The second-order valence-corrected chi connectivity index (χ2v) is 5.83. The van der Waals surface area contributed by atoms with E-state index in [2.05, 4.69) is 10.3 Å². The number of carbonyl (C=O) groups is 2. The van der Waals surface area contributed by atoms with Crippen LogP contribution in [0.4, 0.5) is 0 Å². The molecule has 0 bridgehead atoms. The van der Waals surface area contributed by atoms with E-state index in [4.69, 9.17) is 4.74 Å². The molecule has 0 spiro atoms. The normalized spacial score (nSPS) is 11.7. The number of esters is 1. The summed E-state index contributed by atoms with van der Waals surface area (Å²) >= 11 is 0. The fourth-order valence-corrected chi connectivity index (χ4v) is 2.81. The minimum Gasteiger partial charge on any atom is -0.467 e. The molecular formula is C20H18N2O4. The number of fused-ring (bicyclic) bond motifs is 1. The van der Waals surface area contributed by atoms with Crippen molar-refractivity contribution >= 4 is 22.8 Å². The molecular weight excluding hydrogens is 332 g/mol. The molecule has 1 atom stereocenters. The van der Waals surface area contributed by atoms with E-state index in [9.17, 15) is 14.4 Å². The first-order valence-corrected chi connectivity index (χ1v) is 8.13. The van der Waals surface area contributed by atoms with Gasteiger partial charge < -0.3 is 15.0 Å². The van der Waals surface area contributed by atoms with Gasteiger partial charge in [-0.15, -0.1) is 0 Å². The lowest BCUT2D eigenvalue weighted by Crippen LogP contribution is -2.43. The monoisotopic (exact) mass is 350 g/mol. The Morgan fingerprint density at radius 2 is 1.77 bits per heavy atom. The number of benzene rings is 2. The van der Waals surface area contributed by atoms with Gasteiger partial charge in [-0.1, -0.05) is 48.5 Å². The summed E-state index contributed by atoms with van der Waals surface area (Å²) in [4.78, 5) is 39.4. The van der Waals surface area contributed by atoms with Gasteiger partial charge in [-0.3, -0.25) is 9.59 Å². The van der Waals surface area contributed by atoms with Crippen molar-refractivity contribution in [2.75, 3.05) is 7.11 Å². The summed E-state index contributed by atoms with van der Waals surface area (Å²) in [5.74, 6) is -1.05. The van der Waals surface area contributed by atoms with Gasteiger partial charge in [0, 0.05) is 23.4 Å². The van der Waals surface area contributed by atoms with Gasteiger partial charge in [0.05, 0.1) is 12.7 Å². The van der Waals surface area contributed by atoms with Gasteiger partial charge in [-0.2, -0.15) is 0 Å². The van der Waals surface area contributed by atoms with Crippen LogP contribution in [0.25, 0.3) is 10.9 Å². The van der Waals surface area contributed by atoms with E-state index in [0.717, 1.165) is 5.56 Å². The number of pyridine rings is 1. The van der Waals surface area contributed by atoms with E-state index in [1.54, 1.807) is 24.3 Å². The largest absolute Gasteiger partial charge is 0.467 e. The number of aromatic nitrogens is 1. The van der Waals surface area contributed by atoms with Gasteiger partial charge in [-0.25, -0.2) is 4.79 Å². The predicted octanol–water partition coefficient (Wildman–Crippen LogP) is 2.04. The number of amides is 1. The molecule has 1 aromatic heterocycles. The van der Waals surface area contributed by atoms with Gasteiger partial charge in [0.1, 0.15) is 6.04 Å². The Balaban J connectivity index is 1.91. The third kappa shape index (κ3) is 3.80. The summed E-state index contributed by atoms with van der Waals surface area (Å²) in [6.45, 7) is 0. The van der Waals surface area contributed by atoms with E-state index < -0.39 is 17.9 Å². The second kappa shape index (κ2) is 7.65. The Bertz CT molecular complexity index is 995. The Labute approximate surface area is 149 Å². The molecule has 26 heavy (non-hydrogen) atoms. The summed E-state index contributed by atoms with van der Waals surface area (Å²) in [5.41, 5.74) is 1.28. The molecule has 132 valence electrons. The maximum absolute atomic E-state index is 12.8. The molecule has 0 saturated carbocycles. The number of carbonyl (C=O) groups excluding carboxylic acids is 2. The number of aromatic amines is 1. The Hall–Kier alpha value is -3.41. The van der Waals surface area contributed by atoms with Crippen molar-refractivity contribution in [2.24, 2.45) is 0 Å². The molecule has 2 N–H and O–H groups in total. The van der Waals surface area contributed by atoms with Crippen molar-refractivity contribution in [1.29, 1.82) is 0 Å². The smallest absolute Gasteiger partial charge is 0.328 e. The van der Waals surface area contributed by atoms with Crippen LogP contribution in [0.3, 0.4) is 0 Å². The first-order chi connectivity index (χ1) is 12.6. The highest BCUT2D eigenvalue weighted by molar-refractivity contribution is 6.07. The Kier molecular flexibility index (Phi) is 5.12. The molecule has 0 saturated heterocycles. The van der Waals surface area contributed by atoms with Gasteiger partial charge in [0.2, 0.25) is 5.56 Å². The van der Waals surface area contributed by atoms with E-state index in [1.807, 2.05) is 30.3 Å². The minimum atomic E-state index is -0.854. The number of H-pyrrole nitrogens is 1. The number of hydrogen-bond donors (Lipinski definition) is 2. The molecule has 0 radical (unpaired) electrons. The molecule has 0 unspecified atom stereocenters. The van der Waals surface area contributed by atoms with Gasteiger partial charge >= 0.3 is 5.97 Å². The highest BCUT2D eigenvalue weighted by Crippen LogP contribution is 2.15. The van der Waals surface area contributed by atoms with Crippen molar-refractivity contribution in [3.63, 3.8) is 0 Å². The maximum Gasteiger partial charge on any atom is 0.328 e. The zero-order valence-electron chi connectivity index (χ0n) is 14.2. The van der Waals surface area contributed by atoms with E-state index in [1.165, 1.54) is 13.2 Å². The third-order valence-corrected chi connectivity index (χ3v) is 4.07. The number of hydrogen-bond acceptors (Lipinski definition) is 4. The number of para-hydroxylation sites is 1. The Morgan fingerprint density at radius 3 is 2.50 bits per heavy atom. The van der Waals surface area contributed by atoms with E-state index in [0.29, 0.717) is 17.3 Å². The summed E-state index contributed by atoms with van der Waals surface area (Å²) < 4.78 is 4.81. The average Bonchev–Trinajstić information content (AvgIpc) is 2.66. The third-order valence-electron chi connectivity index (χ3n) is 4.07. The SMILES string of the molecule is COC(=O)[C@@H](Cc1ccccc1)NC(=O)c1cc(=O)[nH]c2ccccc12. The maximum atomic E-state index is 12.8. The van der Waals surface area contributed by atoms with Crippen LogP contribution in [0, 0.1) is 0 Å². The summed E-state index contributed by atoms with van der Waals surface area (Å²) in [7, 11) is 1.27. The van der Waals surface area contributed by atoms with Gasteiger partial charge in [0.15, 0.2) is 0 Å². The van der Waals surface area contributed by atoms with Crippen LogP contribution >= 0.6 is 0 Å². The fourth-order valence-electron chi connectivity index (χ4n) is 2.81. The van der Waals surface area contributed by atoms with Crippen LogP contribution in [0.2, 0.25) is 0 Å². The first-order valence-electron chi connectivity index (χ1n) is 8.13. The molecule has 1 heterocycles. The zero-order chi connectivity index (χ0) is 18.5. The summed E-state index contributed by atoms with van der Waals surface area (Å²) in [5, 5.41) is 3.29. The highest BCUT2D eigenvalue weighted by Gasteiger charge is 2.23. The first kappa shape index (κ1) is 17.4. The molecule has 2 aromatic carbocycles. The van der Waals surface area contributed by atoms with Crippen molar-refractivity contribution in [3.05, 3.63) is 82.1 Å². The molecule has 6 heteroatoms. The van der Waals surface area contributed by atoms with Crippen molar-refractivity contribution < 1.29 is 14.3 Å². The molecule has 6 nitrogen and oxygen atoms in total. The molecule has 0 aliphatic heterocycles. The van der Waals surface area contributed by atoms with Crippen LogP contribution < -0.4 is 10.9 Å². The molecule has 0 fully saturated rings. The van der Waals surface area contributed by atoms with Gasteiger partial charge in [0.25, 0.3) is 5.91 Å². The molecule has 0 aliphatic rings. The molecule has 3 aromatic rings. The fraction of sp³-hybridized carbons (Fsp3) is 0.150. The molecule has 1 amide bonds. The zero-order valence-corrected chi connectivity index (χ0v) is 14.2. The number of nitrogens with one attached hydrogen (secondary N) is 2. The van der Waals surface area contributed by atoms with Crippen LogP contribution in [-0.2, 0) is 16.0 Å². The second-order valence-electron chi connectivity index (χ2n) is 5.83. The lowest BCUT2D eigenvalue weighted by atomic mass is 10.0. The highest BCUT2D eigenvalue weighted by atomic mass is 16.5. The number of ether oxygens (including phenoxy) is 1. The lowest BCUT2D eigenvalue weighted by Gasteiger charge is -2.17. The van der Waals surface area contributed by atoms with Gasteiger partial charge in [-0.05, 0) is 11.6 Å².